The van der Waals surface area contributed by atoms with Gasteiger partial charge in [-0.2, -0.15) is 0 Å². The summed E-state index contributed by atoms with van der Waals surface area (Å²) in [5, 5.41) is 4.24. The number of anilines is 2. The van der Waals surface area contributed by atoms with E-state index in [1.54, 1.807) is 4.90 Å². The molecular formula is C18H24N4O2. The second-order valence-corrected chi connectivity index (χ2v) is 7.12. The molecule has 1 saturated heterocycles. The van der Waals surface area contributed by atoms with Crippen LogP contribution >= 0.6 is 0 Å². The summed E-state index contributed by atoms with van der Waals surface area (Å²) in [6.45, 7) is 7.22. The normalized spacial score (nSPS) is 17.9. The number of amides is 1. The van der Waals surface area contributed by atoms with Crippen molar-refractivity contribution in [2.24, 2.45) is 0 Å². The molecule has 1 fully saturated rings. The van der Waals surface area contributed by atoms with E-state index in [2.05, 4.69) is 10.3 Å². The van der Waals surface area contributed by atoms with E-state index in [-0.39, 0.29) is 12.1 Å². The maximum Gasteiger partial charge on any atom is 0.416 e. The summed E-state index contributed by atoms with van der Waals surface area (Å²) >= 11 is 0. The lowest BCUT2D eigenvalue weighted by molar-refractivity contribution is 0.0566. The smallest absolute Gasteiger partial charge is 0.416 e. The van der Waals surface area contributed by atoms with Crippen LogP contribution in [0.15, 0.2) is 30.3 Å². The van der Waals surface area contributed by atoms with E-state index in [9.17, 15) is 4.79 Å². The fourth-order valence-electron chi connectivity index (χ4n) is 2.87. The molecule has 0 bridgehead atoms. The minimum absolute atomic E-state index is 0.0404. The van der Waals surface area contributed by atoms with Crippen LogP contribution in [0.3, 0.4) is 0 Å². The van der Waals surface area contributed by atoms with E-state index < -0.39 is 5.60 Å². The van der Waals surface area contributed by atoms with Gasteiger partial charge in [-0.3, -0.25) is 4.90 Å². The lowest BCUT2D eigenvalue weighted by Crippen LogP contribution is -2.45. The fraction of sp³-hybridized carbons (Fsp3) is 0.444. The summed E-state index contributed by atoms with van der Waals surface area (Å²) < 4.78 is 5.60. The largest absolute Gasteiger partial charge is 0.443 e. The summed E-state index contributed by atoms with van der Waals surface area (Å²) in [6, 6.07) is 9.39. The number of nitrogens with one attached hydrogen (secondary N) is 1. The number of nitrogen functional groups attached to an aromatic ring is 1. The van der Waals surface area contributed by atoms with Crippen LogP contribution in [0, 0.1) is 0 Å². The molecule has 0 radical (unpaired) electrons. The maximum absolute atomic E-state index is 12.8. The molecule has 1 aromatic carbocycles. The lowest BCUT2D eigenvalue weighted by Gasteiger charge is -2.30. The van der Waals surface area contributed by atoms with E-state index >= 15 is 0 Å². The van der Waals surface area contributed by atoms with Crippen molar-refractivity contribution >= 4 is 28.5 Å². The van der Waals surface area contributed by atoms with Crippen LogP contribution in [0.1, 0.15) is 27.2 Å². The Morgan fingerprint density at radius 3 is 2.79 bits per heavy atom. The zero-order valence-electron chi connectivity index (χ0n) is 14.4. The molecule has 24 heavy (non-hydrogen) atoms. The number of hydrogen-bond acceptors (Lipinski definition) is 5. The Balaban J connectivity index is 1.98. The topological polar surface area (TPSA) is 80.5 Å². The number of carbonyl (C=O) groups excluding carboxylic acids is 1. The summed E-state index contributed by atoms with van der Waals surface area (Å²) in [5.41, 5.74) is 6.77. The third-order valence-corrected chi connectivity index (χ3v) is 3.94. The highest BCUT2D eigenvalue weighted by atomic mass is 16.6. The number of carbonyl (C=O) groups is 1. The first-order chi connectivity index (χ1) is 11.3. The number of hydrogen-bond donors (Lipinski definition) is 2. The van der Waals surface area contributed by atoms with Crippen molar-refractivity contribution < 1.29 is 9.53 Å². The first-order valence-electron chi connectivity index (χ1n) is 8.23. The average Bonchev–Trinajstić information content (AvgIpc) is 2.99. The summed E-state index contributed by atoms with van der Waals surface area (Å²) in [6.07, 6.45) is 0.513. The molecule has 1 atom stereocenters. The Morgan fingerprint density at radius 2 is 2.12 bits per heavy atom. The number of rotatable bonds is 2. The molecule has 0 aliphatic carbocycles. The monoisotopic (exact) mass is 328 g/mol. The maximum atomic E-state index is 12.8. The van der Waals surface area contributed by atoms with E-state index in [1.807, 2.05) is 51.1 Å². The molecule has 128 valence electrons. The van der Waals surface area contributed by atoms with Crippen molar-refractivity contribution in [3.8, 4) is 0 Å². The van der Waals surface area contributed by atoms with Gasteiger partial charge in [0.1, 0.15) is 11.4 Å². The van der Waals surface area contributed by atoms with E-state index in [0.717, 1.165) is 30.4 Å². The molecule has 3 rings (SSSR count). The van der Waals surface area contributed by atoms with E-state index in [0.29, 0.717) is 11.5 Å². The van der Waals surface area contributed by atoms with Gasteiger partial charge in [0.25, 0.3) is 0 Å². The van der Waals surface area contributed by atoms with Gasteiger partial charge in [0, 0.05) is 17.6 Å². The lowest BCUT2D eigenvalue weighted by atomic mass is 10.1. The quantitative estimate of drug-likeness (QED) is 0.829. The fourth-order valence-corrected chi connectivity index (χ4v) is 2.87. The van der Waals surface area contributed by atoms with Gasteiger partial charge in [-0.15, -0.1) is 0 Å². The molecular weight excluding hydrogens is 304 g/mol. The minimum Gasteiger partial charge on any atom is -0.443 e. The molecule has 0 spiro atoms. The van der Waals surface area contributed by atoms with Gasteiger partial charge in [-0.05, 0) is 64.1 Å². The minimum atomic E-state index is -0.549. The van der Waals surface area contributed by atoms with Gasteiger partial charge >= 0.3 is 6.09 Å². The number of fused-ring (bicyclic) bond motifs is 1. The van der Waals surface area contributed by atoms with Crippen molar-refractivity contribution in [2.75, 3.05) is 23.7 Å². The van der Waals surface area contributed by atoms with Crippen LogP contribution in [0.25, 0.3) is 10.9 Å². The number of ether oxygens (including phenoxy) is 1. The van der Waals surface area contributed by atoms with Crippen molar-refractivity contribution in [3.05, 3.63) is 30.3 Å². The molecule has 0 saturated carbocycles. The van der Waals surface area contributed by atoms with Crippen molar-refractivity contribution in [2.45, 2.75) is 38.8 Å². The molecule has 2 heterocycles. The van der Waals surface area contributed by atoms with Gasteiger partial charge in [0.05, 0.1) is 11.6 Å². The van der Waals surface area contributed by atoms with Crippen molar-refractivity contribution in [1.82, 2.24) is 10.3 Å². The molecule has 1 aromatic heterocycles. The Labute approximate surface area is 142 Å². The highest BCUT2D eigenvalue weighted by molar-refractivity contribution is 5.90. The molecule has 2 aromatic rings. The van der Waals surface area contributed by atoms with Crippen LogP contribution in [0.2, 0.25) is 0 Å². The third kappa shape index (κ3) is 3.59. The third-order valence-electron chi connectivity index (χ3n) is 3.94. The van der Waals surface area contributed by atoms with Gasteiger partial charge in [-0.1, -0.05) is 0 Å². The van der Waals surface area contributed by atoms with Gasteiger partial charge in [-0.25, -0.2) is 9.78 Å². The zero-order chi connectivity index (χ0) is 17.3. The van der Waals surface area contributed by atoms with Gasteiger partial charge in [0.2, 0.25) is 0 Å². The predicted octanol–water partition coefficient (Wildman–Crippen LogP) is 2.92. The summed E-state index contributed by atoms with van der Waals surface area (Å²) in [7, 11) is 0. The number of nitrogens with zero attached hydrogens (tertiary/aromatic N) is 2. The number of aromatic nitrogens is 1. The van der Waals surface area contributed by atoms with Crippen LogP contribution in [0.4, 0.5) is 16.3 Å². The molecule has 1 unspecified atom stereocenters. The van der Waals surface area contributed by atoms with Gasteiger partial charge < -0.3 is 15.8 Å². The van der Waals surface area contributed by atoms with Crippen molar-refractivity contribution in [3.63, 3.8) is 0 Å². The number of nitrogens with two attached hydrogens (primary N) is 1. The second-order valence-electron chi connectivity index (χ2n) is 7.12. The Kier molecular flexibility index (Phi) is 4.32. The SMILES string of the molecule is CC(C)(C)OC(=O)N(c1ccc2cc(N)ccc2n1)C1CCNC1. The Hall–Kier alpha value is -2.34. The second kappa shape index (κ2) is 6.28. The van der Waals surface area contributed by atoms with Crippen molar-refractivity contribution in [1.29, 1.82) is 0 Å². The van der Waals surface area contributed by atoms with Crippen LogP contribution in [0.5, 0.6) is 0 Å². The van der Waals surface area contributed by atoms with Crippen LogP contribution in [-0.4, -0.2) is 35.8 Å². The zero-order valence-corrected chi connectivity index (χ0v) is 14.4. The van der Waals surface area contributed by atoms with Crippen LogP contribution < -0.4 is 16.0 Å². The van der Waals surface area contributed by atoms with E-state index in [4.69, 9.17) is 10.5 Å². The average molecular weight is 328 g/mol. The molecule has 3 N–H and O–H groups in total. The summed E-state index contributed by atoms with van der Waals surface area (Å²) in [5.74, 6) is 0.607. The Bertz CT molecular complexity index is 748. The summed E-state index contributed by atoms with van der Waals surface area (Å²) in [4.78, 5) is 19.1. The first-order valence-corrected chi connectivity index (χ1v) is 8.23. The highest BCUT2D eigenvalue weighted by Crippen LogP contribution is 2.25. The molecule has 1 amide bonds. The molecule has 1 aliphatic rings. The standard InChI is InChI=1S/C18H24N4O2/c1-18(2,3)24-17(23)22(14-8-9-20-11-14)16-7-4-12-10-13(19)5-6-15(12)21-16/h4-7,10,14,20H,8-9,11,19H2,1-3H3. The van der Waals surface area contributed by atoms with Gasteiger partial charge in [0.15, 0.2) is 0 Å². The molecule has 1 aliphatic heterocycles. The highest BCUT2D eigenvalue weighted by Gasteiger charge is 2.32. The number of benzene rings is 1. The molecule has 6 heteroatoms. The predicted molar refractivity (Wildman–Crippen MR) is 96.1 cm³/mol. The molecule has 6 nitrogen and oxygen atoms in total. The first kappa shape index (κ1) is 16.5. The Morgan fingerprint density at radius 1 is 1.33 bits per heavy atom. The van der Waals surface area contributed by atoms with E-state index in [1.165, 1.54) is 0 Å². The van der Waals surface area contributed by atoms with Crippen LogP contribution in [-0.2, 0) is 4.74 Å². The number of pyridine rings is 1.